The van der Waals surface area contributed by atoms with Crippen LogP contribution < -0.4 is 5.53 Å². The molecule has 0 fully saturated rings. The Hall–Kier alpha value is -2.83. The van der Waals surface area contributed by atoms with Crippen molar-refractivity contribution in [3.05, 3.63) is 48.0 Å². The molecule has 0 aromatic rings. The second-order valence-corrected chi connectivity index (χ2v) is 4.44. The number of methoxy groups -OCH3 is 1. The normalized spacial score (nSPS) is 18.4. The number of fused-ring (bicyclic) bond motifs is 1. The average Bonchev–Trinajstić information content (AvgIpc) is 2.85. The Morgan fingerprint density at radius 2 is 2.14 bits per heavy atom. The first kappa shape index (κ1) is 15.6. The van der Waals surface area contributed by atoms with Gasteiger partial charge in [-0.15, -0.1) is 0 Å². The van der Waals surface area contributed by atoms with Crippen LogP contribution in [0.25, 0.3) is 0 Å². The smallest absolute Gasteiger partial charge is 0.406 e. The molecule has 22 heavy (non-hydrogen) atoms. The molecular weight excluding hydrogens is 286 g/mol. The molecule has 2 rings (SSSR count). The Morgan fingerprint density at radius 3 is 2.77 bits per heavy atom. The molecule has 0 radical (unpaired) electrons. The topological polar surface area (TPSA) is 70.9 Å². The SMILES string of the molecule is CCOC(=O)C(/C=C/C(=O)OC)=[N+]1NN2C=CC=CC2=C1C. The van der Waals surface area contributed by atoms with Gasteiger partial charge in [-0.1, -0.05) is 16.3 Å². The highest BCUT2D eigenvalue weighted by Crippen LogP contribution is 2.21. The monoisotopic (exact) mass is 304 g/mol. The van der Waals surface area contributed by atoms with E-state index in [9.17, 15) is 9.59 Å². The van der Waals surface area contributed by atoms with Crippen LogP contribution in [0.3, 0.4) is 0 Å². The van der Waals surface area contributed by atoms with E-state index in [0.29, 0.717) is 0 Å². The molecule has 0 saturated heterocycles. The predicted octanol–water partition coefficient (Wildman–Crippen LogP) is 0.782. The van der Waals surface area contributed by atoms with Gasteiger partial charge in [-0.2, -0.15) is 0 Å². The van der Waals surface area contributed by atoms with Crippen LogP contribution in [0, 0.1) is 0 Å². The number of nitrogens with zero attached hydrogens (tertiary/aromatic N) is 2. The van der Waals surface area contributed by atoms with E-state index in [-0.39, 0.29) is 12.3 Å². The average molecular weight is 304 g/mol. The van der Waals surface area contributed by atoms with Crippen molar-refractivity contribution in [1.29, 1.82) is 0 Å². The predicted molar refractivity (Wildman–Crippen MR) is 79.0 cm³/mol. The first-order valence-corrected chi connectivity index (χ1v) is 6.80. The van der Waals surface area contributed by atoms with Gasteiger partial charge in [0, 0.05) is 25.3 Å². The van der Waals surface area contributed by atoms with Crippen molar-refractivity contribution in [2.45, 2.75) is 13.8 Å². The van der Waals surface area contributed by atoms with Crippen molar-refractivity contribution in [2.75, 3.05) is 13.7 Å². The zero-order valence-corrected chi connectivity index (χ0v) is 12.7. The molecular formula is C15H18N3O4+. The summed E-state index contributed by atoms with van der Waals surface area (Å²) in [6.07, 6.45) is 10.0. The summed E-state index contributed by atoms with van der Waals surface area (Å²) in [5, 5.41) is 1.76. The van der Waals surface area contributed by atoms with Gasteiger partial charge in [0.05, 0.1) is 13.7 Å². The lowest BCUT2D eigenvalue weighted by Crippen LogP contribution is -2.38. The van der Waals surface area contributed by atoms with Gasteiger partial charge >= 0.3 is 17.7 Å². The summed E-state index contributed by atoms with van der Waals surface area (Å²) in [5.74, 6) is -1.09. The largest absolute Gasteiger partial charge is 0.466 e. The van der Waals surface area contributed by atoms with Gasteiger partial charge in [0.25, 0.3) is 0 Å². The van der Waals surface area contributed by atoms with Crippen molar-refractivity contribution >= 4 is 17.7 Å². The maximum absolute atomic E-state index is 12.2. The maximum atomic E-state index is 12.2. The van der Waals surface area contributed by atoms with Gasteiger partial charge in [-0.05, 0) is 19.1 Å². The van der Waals surface area contributed by atoms with E-state index >= 15 is 0 Å². The van der Waals surface area contributed by atoms with Crippen LogP contribution in [-0.2, 0) is 19.1 Å². The number of hydrazine groups is 2. The summed E-state index contributed by atoms with van der Waals surface area (Å²) < 4.78 is 11.2. The molecule has 0 amide bonds. The molecule has 1 N–H and O–H groups in total. The van der Waals surface area contributed by atoms with E-state index < -0.39 is 11.9 Å². The van der Waals surface area contributed by atoms with Crippen molar-refractivity contribution in [1.82, 2.24) is 10.5 Å². The van der Waals surface area contributed by atoms with Crippen molar-refractivity contribution in [3.8, 4) is 0 Å². The molecule has 0 unspecified atom stereocenters. The minimum absolute atomic E-state index is 0.188. The number of hydrazone groups is 1. The van der Waals surface area contributed by atoms with Crippen LogP contribution in [0.5, 0.6) is 0 Å². The maximum Gasteiger partial charge on any atom is 0.406 e. The highest BCUT2D eigenvalue weighted by molar-refractivity contribution is 6.39. The number of carbonyl (C=O) groups is 2. The summed E-state index contributed by atoms with van der Waals surface area (Å²) >= 11 is 0. The van der Waals surface area contributed by atoms with Crippen LogP contribution in [-0.4, -0.2) is 41.1 Å². The zero-order valence-electron chi connectivity index (χ0n) is 12.7. The fraction of sp³-hybridized carbons (Fsp3) is 0.267. The number of allylic oxidation sites excluding steroid dienone is 4. The second-order valence-electron chi connectivity index (χ2n) is 4.44. The number of esters is 2. The van der Waals surface area contributed by atoms with Crippen LogP contribution in [0.1, 0.15) is 13.8 Å². The Balaban J connectivity index is 2.44. The van der Waals surface area contributed by atoms with Gasteiger partial charge in [0.15, 0.2) is 0 Å². The third kappa shape index (κ3) is 3.08. The number of hydrogen-bond donors (Lipinski definition) is 1. The van der Waals surface area contributed by atoms with Crippen molar-refractivity contribution in [2.24, 2.45) is 0 Å². The number of ether oxygens (including phenoxy) is 2. The third-order valence-electron chi connectivity index (χ3n) is 3.08. The molecule has 0 saturated carbocycles. The van der Waals surface area contributed by atoms with Crippen LogP contribution in [0.4, 0.5) is 0 Å². The molecule has 2 aliphatic heterocycles. The highest BCUT2D eigenvalue weighted by atomic mass is 16.5. The molecule has 0 spiro atoms. The molecule has 0 aromatic heterocycles. The number of rotatable bonds is 4. The fourth-order valence-electron chi connectivity index (χ4n) is 2.01. The molecule has 2 aliphatic rings. The second kappa shape index (κ2) is 6.75. The molecule has 2 heterocycles. The molecule has 0 aromatic carbocycles. The lowest BCUT2D eigenvalue weighted by Gasteiger charge is -2.12. The third-order valence-corrected chi connectivity index (χ3v) is 3.08. The van der Waals surface area contributed by atoms with Crippen LogP contribution >= 0.6 is 0 Å². The van der Waals surface area contributed by atoms with Gasteiger partial charge in [-0.25, -0.2) is 14.6 Å². The minimum atomic E-state index is -0.552. The first-order chi connectivity index (χ1) is 10.6. The van der Waals surface area contributed by atoms with Crippen LogP contribution in [0.2, 0.25) is 0 Å². The summed E-state index contributed by atoms with van der Waals surface area (Å²) in [6.45, 7) is 3.81. The lowest BCUT2D eigenvalue weighted by molar-refractivity contribution is -0.549. The molecule has 7 heteroatoms. The van der Waals surface area contributed by atoms with Crippen molar-refractivity contribution < 1.29 is 23.7 Å². The molecule has 0 bridgehead atoms. The summed E-state index contributed by atoms with van der Waals surface area (Å²) in [4.78, 5) is 23.4. The number of hydrogen-bond acceptors (Lipinski definition) is 6. The Bertz CT molecular complexity index is 641. The van der Waals surface area contributed by atoms with E-state index in [1.165, 1.54) is 19.3 Å². The van der Waals surface area contributed by atoms with Gasteiger partial charge in [-0.3, -0.25) is 0 Å². The fourth-order valence-corrected chi connectivity index (χ4v) is 2.01. The Labute approximate surface area is 128 Å². The van der Waals surface area contributed by atoms with Gasteiger partial charge in [0.2, 0.25) is 5.70 Å². The van der Waals surface area contributed by atoms with Gasteiger partial charge < -0.3 is 9.47 Å². The minimum Gasteiger partial charge on any atom is -0.466 e. The summed E-state index contributed by atoms with van der Waals surface area (Å²) in [6, 6.07) is 0. The van der Waals surface area contributed by atoms with E-state index in [0.717, 1.165) is 11.4 Å². The van der Waals surface area contributed by atoms with Gasteiger partial charge in [0.1, 0.15) is 5.70 Å². The van der Waals surface area contributed by atoms with Crippen LogP contribution in [0.15, 0.2) is 48.0 Å². The highest BCUT2D eigenvalue weighted by Gasteiger charge is 2.35. The van der Waals surface area contributed by atoms with E-state index in [1.54, 1.807) is 16.6 Å². The quantitative estimate of drug-likeness (QED) is 0.470. The lowest BCUT2D eigenvalue weighted by atomic mass is 10.2. The summed E-state index contributed by atoms with van der Waals surface area (Å²) in [7, 11) is 1.27. The Morgan fingerprint density at radius 1 is 1.36 bits per heavy atom. The number of carbonyl (C=O) groups excluding carboxylic acids is 2. The first-order valence-electron chi connectivity index (χ1n) is 6.80. The Kier molecular flexibility index (Phi) is 4.77. The van der Waals surface area contributed by atoms with E-state index in [1.807, 2.05) is 31.4 Å². The van der Waals surface area contributed by atoms with E-state index in [2.05, 4.69) is 10.3 Å². The summed E-state index contributed by atoms with van der Waals surface area (Å²) in [5.41, 5.74) is 4.93. The standard InChI is InChI=1S/C15H17N3O4/c1-4-22-15(20)13(8-9-14(19)21-3)18-11(2)12-7-5-6-10-17(12)16-18/h5-10H,4H2,1-3H3/p+1. The molecule has 116 valence electrons. The molecule has 0 atom stereocenters. The zero-order chi connectivity index (χ0) is 16.1. The number of nitrogens with one attached hydrogen (secondary N) is 1. The van der Waals surface area contributed by atoms with E-state index in [4.69, 9.17) is 4.74 Å². The van der Waals surface area contributed by atoms with Crippen molar-refractivity contribution in [3.63, 3.8) is 0 Å². The molecule has 0 aliphatic carbocycles. The molecule has 7 nitrogen and oxygen atoms in total.